The summed E-state index contributed by atoms with van der Waals surface area (Å²) in [6.07, 6.45) is 6.94. The topological polar surface area (TPSA) is 58.4 Å². The first-order valence-corrected chi connectivity index (χ1v) is 8.31. The third kappa shape index (κ3) is 7.85. The minimum Gasteiger partial charge on any atom is -0.355 e. The number of likely N-dealkylation sites (tertiary alicyclic amines) is 1. The van der Waals surface area contributed by atoms with E-state index < -0.39 is 0 Å². The van der Waals surface area contributed by atoms with Gasteiger partial charge in [-0.25, -0.2) is 0 Å². The summed E-state index contributed by atoms with van der Waals surface area (Å²) in [6, 6.07) is 0. The van der Waals surface area contributed by atoms with Gasteiger partial charge in [-0.05, 0) is 50.7 Å². The highest BCUT2D eigenvalue weighted by Gasteiger charge is 2.14. The van der Waals surface area contributed by atoms with Crippen molar-refractivity contribution in [2.24, 2.45) is 17.6 Å². The largest absolute Gasteiger partial charge is 0.355 e. The van der Waals surface area contributed by atoms with E-state index in [0.717, 1.165) is 19.5 Å². The third-order valence-electron chi connectivity index (χ3n) is 4.06. The van der Waals surface area contributed by atoms with E-state index in [1.165, 1.54) is 38.8 Å². The highest BCUT2D eigenvalue weighted by atomic mass is 16.1. The molecule has 1 aliphatic rings. The highest BCUT2D eigenvalue weighted by Crippen LogP contribution is 2.14. The molecule has 1 amide bonds. The molecule has 1 heterocycles. The molecule has 0 aliphatic carbocycles. The van der Waals surface area contributed by atoms with Crippen LogP contribution >= 0.6 is 0 Å². The van der Waals surface area contributed by atoms with E-state index >= 15 is 0 Å². The summed E-state index contributed by atoms with van der Waals surface area (Å²) < 4.78 is 0. The zero-order valence-electron chi connectivity index (χ0n) is 13.4. The second-order valence-electron chi connectivity index (χ2n) is 6.54. The van der Waals surface area contributed by atoms with Crippen LogP contribution in [0.15, 0.2) is 0 Å². The Morgan fingerprint density at radius 1 is 1.20 bits per heavy atom. The van der Waals surface area contributed by atoms with Crippen LogP contribution in [-0.2, 0) is 4.79 Å². The van der Waals surface area contributed by atoms with Crippen LogP contribution in [0.2, 0.25) is 0 Å². The quantitative estimate of drug-likeness (QED) is 0.716. The van der Waals surface area contributed by atoms with Crippen molar-refractivity contribution >= 4 is 5.91 Å². The summed E-state index contributed by atoms with van der Waals surface area (Å²) in [5, 5.41) is 3.05. The van der Waals surface area contributed by atoms with Crippen LogP contribution in [-0.4, -0.2) is 43.5 Å². The Morgan fingerprint density at radius 3 is 2.40 bits per heavy atom. The van der Waals surface area contributed by atoms with Crippen molar-refractivity contribution in [1.29, 1.82) is 0 Å². The van der Waals surface area contributed by atoms with Crippen molar-refractivity contribution in [3.63, 3.8) is 0 Å². The highest BCUT2D eigenvalue weighted by molar-refractivity contribution is 5.76. The molecule has 0 aromatic heterocycles. The second-order valence-corrected chi connectivity index (χ2v) is 6.54. The lowest BCUT2D eigenvalue weighted by atomic mass is 9.94. The first-order valence-electron chi connectivity index (χ1n) is 8.31. The fourth-order valence-electron chi connectivity index (χ4n) is 2.98. The fraction of sp³-hybridized carbons (Fsp3) is 0.938. The van der Waals surface area contributed by atoms with E-state index in [2.05, 4.69) is 24.1 Å². The van der Waals surface area contributed by atoms with Gasteiger partial charge in [-0.3, -0.25) is 4.79 Å². The van der Waals surface area contributed by atoms with Crippen molar-refractivity contribution in [2.45, 2.75) is 52.4 Å². The van der Waals surface area contributed by atoms with Crippen LogP contribution in [0.5, 0.6) is 0 Å². The maximum Gasteiger partial charge on any atom is 0.220 e. The van der Waals surface area contributed by atoms with Gasteiger partial charge in [0.25, 0.3) is 0 Å². The molecule has 20 heavy (non-hydrogen) atoms. The van der Waals surface area contributed by atoms with E-state index in [1.807, 2.05) is 0 Å². The van der Waals surface area contributed by atoms with Crippen LogP contribution in [0.25, 0.3) is 0 Å². The standard InChI is InChI=1S/C16H33N3O/c1-14(2)11-15(13-17)12-16(20)18-7-10-19-8-5-3-4-6-9-19/h14-15H,3-13,17H2,1-2H3,(H,18,20). The van der Waals surface area contributed by atoms with E-state index in [4.69, 9.17) is 5.73 Å². The average Bonchev–Trinajstić information content (AvgIpc) is 2.66. The zero-order valence-corrected chi connectivity index (χ0v) is 13.4. The van der Waals surface area contributed by atoms with Crippen molar-refractivity contribution < 1.29 is 4.79 Å². The van der Waals surface area contributed by atoms with E-state index in [9.17, 15) is 4.79 Å². The lowest BCUT2D eigenvalue weighted by Gasteiger charge is -2.20. The van der Waals surface area contributed by atoms with Gasteiger partial charge in [0.15, 0.2) is 0 Å². The molecule has 4 heteroatoms. The fourth-order valence-corrected chi connectivity index (χ4v) is 2.98. The normalized spacial score (nSPS) is 18.8. The Labute approximate surface area is 124 Å². The summed E-state index contributed by atoms with van der Waals surface area (Å²) in [5.41, 5.74) is 5.74. The number of carbonyl (C=O) groups is 1. The molecule has 1 aliphatic heterocycles. The van der Waals surface area contributed by atoms with E-state index in [1.54, 1.807) is 0 Å². The molecule has 0 aromatic rings. The minimum atomic E-state index is 0.163. The first-order chi connectivity index (χ1) is 9.61. The smallest absolute Gasteiger partial charge is 0.220 e. The molecule has 118 valence electrons. The van der Waals surface area contributed by atoms with Crippen LogP contribution in [0, 0.1) is 11.8 Å². The Hall–Kier alpha value is -0.610. The molecule has 1 rings (SSSR count). The molecule has 1 saturated heterocycles. The lowest BCUT2D eigenvalue weighted by Crippen LogP contribution is -2.36. The summed E-state index contributed by atoms with van der Waals surface area (Å²) in [6.45, 7) is 9.11. The Kier molecular flexibility index (Phi) is 8.86. The van der Waals surface area contributed by atoms with Gasteiger partial charge in [0.1, 0.15) is 0 Å². The van der Waals surface area contributed by atoms with Gasteiger partial charge in [0.2, 0.25) is 5.91 Å². The van der Waals surface area contributed by atoms with E-state index in [-0.39, 0.29) is 5.91 Å². The maximum absolute atomic E-state index is 11.9. The molecular formula is C16H33N3O. The van der Waals surface area contributed by atoms with Crippen LogP contribution in [0.4, 0.5) is 0 Å². The van der Waals surface area contributed by atoms with Gasteiger partial charge >= 0.3 is 0 Å². The van der Waals surface area contributed by atoms with Gasteiger partial charge in [-0.1, -0.05) is 26.7 Å². The maximum atomic E-state index is 11.9. The van der Waals surface area contributed by atoms with Crippen molar-refractivity contribution in [2.75, 3.05) is 32.7 Å². The second kappa shape index (κ2) is 10.2. The van der Waals surface area contributed by atoms with Gasteiger partial charge < -0.3 is 16.0 Å². The number of hydrogen-bond donors (Lipinski definition) is 2. The molecule has 0 spiro atoms. The number of carbonyl (C=O) groups excluding carboxylic acids is 1. The van der Waals surface area contributed by atoms with Crippen LogP contribution in [0.3, 0.4) is 0 Å². The monoisotopic (exact) mass is 283 g/mol. The SMILES string of the molecule is CC(C)CC(CN)CC(=O)NCCN1CCCCCC1. The van der Waals surface area contributed by atoms with E-state index in [0.29, 0.717) is 24.8 Å². The first kappa shape index (κ1) is 17.4. The number of nitrogens with two attached hydrogens (primary N) is 1. The number of nitrogens with zero attached hydrogens (tertiary/aromatic N) is 1. The number of hydrogen-bond acceptors (Lipinski definition) is 3. The zero-order chi connectivity index (χ0) is 14.8. The Morgan fingerprint density at radius 2 is 1.85 bits per heavy atom. The molecule has 1 fully saturated rings. The summed E-state index contributed by atoms with van der Waals surface area (Å²) in [4.78, 5) is 14.4. The molecule has 3 N–H and O–H groups in total. The predicted octanol–water partition coefficient (Wildman–Crippen LogP) is 1.99. The predicted molar refractivity (Wildman–Crippen MR) is 84.5 cm³/mol. The number of nitrogens with one attached hydrogen (secondary N) is 1. The van der Waals surface area contributed by atoms with Crippen LogP contribution in [0.1, 0.15) is 52.4 Å². The molecule has 1 atom stereocenters. The Bertz CT molecular complexity index is 260. The minimum absolute atomic E-state index is 0.163. The number of rotatable bonds is 8. The lowest BCUT2D eigenvalue weighted by molar-refractivity contribution is -0.122. The summed E-state index contributed by atoms with van der Waals surface area (Å²) >= 11 is 0. The van der Waals surface area contributed by atoms with Gasteiger partial charge in [0, 0.05) is 19.5 Å². The van der Waals surface area contributed by atoms with Crippen LogP contribution < -0.4 is 11.1 Å². The van der Waals surface area contributed by atoms with Gasteiger partial charge in [0.05, 0.1) is 0 Å². The van der Waals surface area contributed by atoms with Crippen molar-refractivity contribution in [3.05, 3.63) is 0 Å². The summed E-state index contributed by atoms with van der Waals surface area (Å²) in [5.74, 6) is 1.09. The molecule has 4 nitrogen and oxygen atoms in total. The Balaban J connectivity index is 2.15. The molecular weight excluding hydrogens is 250 g/mol. The number of amides is 1. The van der Waals surface area contributed by atoms with Crippen molar-refractivity contribution in [3.8, 4) is 0 Å². The molecule has 0 bridgehead atoms. The molecule has 0 radical (unpaired) electrons. The molecule has 0 aromatic carbocycles. The van der Waals surface area contributed by atoms with Gasteiger partial charge in [-0.2, -0.15) is 0 Å². The van der Waals surface area contributed by atoms with Crippen molar-refractivity contribution in [1.82, 2.24) is 10.2 Å². The van der Waals surface area contributed by atoms with Gasteiger partial charge in [-0.15, -0.1) is 0 Å². The average molecular weight is 283 g/mol. The molecule has 0 saturated carbocycles. The molecule has 1 unspecified atom stereocenters. The third-order valence-corrected chi connectivity index (χ3v) is 4.06. The summed E-state index contributed by atoms with van der Waals surface area (Å²) in [7, 11) is 0.